The van der Waals surface area contributed by atoms with Gasteiger partial charge in [0.2, 0.25) is 5.88 Å². The Morgan fingerprint density at radius 1 is 1.22 bits per heavy atom. The summed E-state index contributed by atoms with van der Waals surface area (Å²) < 4.78 is 11.1. The Morgan fingerprint density at radius 3 is 2.89 bits per heavy atom. The van der Waals surface area contributed by atoms with Crippen molar-refractivity contribution >= 4 is 17.2 Å². The van der Waals surface area contributed by atoms with Crippen molar-refractivity contribution in [2.45, 2.75) is 20.0 Å². The van der Waals surface area contributed by atoms with Gasteiger partial charge in [0, 0.05) is 42.0 Å². The Labute approximate surface area is 159 Å². The SMILES string of the molecule is Cc1csc(COc2ccc(Cc3cc(-c4cccnc4N)on3)cn2)n1. The third-order valence-corrected chi connectivity index (χ3v) is 4.80. The molecular formula is C19H17N5O2S. The highest BCUT2D eigenvalue weighted by molar-refractivity contribution is 7.09. The fraction of sp³-hybridized carbons (Fsp3) is 0.158. The maximum absolute atomic E-state index is 5.88. The summed E-state index contributed by atoms with van der Waals surface area (Å²) in [5, 5.41) is 7.04. The monoisotopic (exact) mass is 379 g/mol. The minimum absolute atomic E-state index is 0.416. The molecule has 27 heavy (non-hydrogen) atoms. The van der Waals surface area contributed by atoms with Crippen molar-refractivity contribution in [1.82, 2.24) is 20.1 Å². The van der Waals surface area contributed by atoms with Gasteiger partial charge in [0.05, 0.1) is 11.3 Å². The highest BCUT2D eigenvalue weighted by Crippen LogP contribution is 2.25. The van der Waals surface area contributed by atoms with Gasteiger partial charge >= 0.3 is 0 Å². The molecule has 0 radical (unpaired) electrons. The lowest BCUT2D eigenvalue weighted by molar-refractivity contribution is 0.293. The summed E-state index contributed by atoms with van der Waals surface area (Å²) in [7, 11) is 0. The largest absolute Gasteiger partial charge is 0.470 e. The first-order valence-electron chi connectivity index (χ1n) is 8.32. The van der Waals surface area contributed by atoms with E-state index in [1.165, 1.54) is 0 Å². The van der Waals surface area contributed by atoms with Crippen LogP contribution in [0.15, 0.2) is 52.6 Å². The van der Waals surface area contributed by atoms with Gasteiger partial charge < -0.3 is 15.0 Å². The van der Waals surface area contributed by atoms with Gasteiger partial charge in [0.15, 0.2) is 5.76 Å². The van der Waals surface area contributed by atoms with E-state index < -0.39 is 0 Å². The number of nitrogens with two attached hydrogens (primary N) is 1. The third-order valence-electron chi connectivity index (χ3n) is 3.86. The quantitative estimate of drug-likeness (QED) is 0.546. The number of pyridine rings is 2. The van der Waals surface area contributed by atoms with Crippen molar-refractivity contribution < 1.29 is 9.26 Å². The van der Waals surface area contributed by atoms with E-state index >= 15 is 0 Å². The minimum atomic E-state index is 0.416. The van der Waals surface area contributed by atoms with E-state index in [1.807, 2.05) is 42.6 Å². The van der Waals surface area contributed by atoms with Crippen LogP contribution < -0.4 is 10.5 Å². The van der Waals surface area contributed by atoms with E-state index in [0.717, 1.165) is 27.5 Å². The number of aromatic nitrogens is 4. The highest BCUT2D eigenvalue weighted by Gasteiger charge is 2.11. The molecule has 4 aromatic rings. The molecule has 0 aliphatic carbocycles. The summed E-state index contributed by atoms with van der Waals surface area (Å²) in [6.45, 7) is 2.38. The maximum Gasteiger partial charge on any atom is 0.213 e. The second kappa shape index (κ2) is 7.55. The molecule has 4 rings (SSSR count). The van der Waals surface area contributed by atoms with Crippen molar-refractivity contribution in [3.63, 3.8) is 0 Å². The summed E-state index contributed by atoms with van der Waals surface area (Å²) in [6.07, 6.45) is 4.01. The molecule has 0 aliphatic rings. The van der Waals surface area contributed by atoms with Crippen molar-refractivity contribution in [2.24, 2.45) is 0 Å². The van der Waals surface area contributed by atoms with Crippen LogP contribution in [0.1, 0.15) is 22.0 Å². The van der Waals surface area contributed by atoms with Gasteiger partial charge in [-0.1, -0.05) is 11.2 Å². The Hall–Kier alpha value is -3.26. The number of aryl methyl sites for hydroxylation is 1. The normalized spacial score (nSPS) is 10.9. The number of hydrogen-bond acceptors (Lipinski definition) is 8. The van der Waals surface area contributed by atoms with Gasteiger partial charge in [-0.05, 0) is 24.6 Å². The van der Waals surface area contributed by atoms with E-state index in [1.54, 1.807) is 23.7 Å². The Kier molecular flexibility index (Phi) is 4.80. The van der Waals surface area contributed by atoms with E-state index in [2.05, 4.69) is 20.1 Å². The molecule has 2 N–H and O–H groups in total. The molecular weight excluding hydrogens is 362 g/mol. The van der Waals surface area contributed by atoms with Gasteiger partial charge in [-0.15, -0.1) is 11.3 Å². The van der Waals surface area contributed by atoms with E-state index in [0.29, 0.717) is 30.5 Å². The Bertz CT molecular complexity index is 1040. The van der Waals surface area contributed by atoms with Crippen LogP contribution in [0.3, 0.4) is 0 Å². The van der Waals surface area contributed by atoms with Gasteiger partial charge in [-0.25, -0.2) is 15.0 Å². The van der Waals surface area contributed by atoms with Crippen molar-refractivity contribution in [1.29, 1.82) is 0 Å². The number of ether oxygens (including phenoxy) is 1. The summed E-state index contributed by atoms with van der Waals surface area (Å²) >= 11 is 1.58. The average Bonchev–Trinajstić information content (AvgIpc) is 3.30. The minimum Gasteiger partial charge on any atom is -0.470 e. The summed E-state index contributed by atoms with van der Waals surface area (Å²) in [5.41, 5.74) is 9.41. The van der Waals surface area contributed by atoms with Crippen molar-refractivity contribution in [3.8, 4) is 17.2 Å². The van der Waals surface area contributed by atoms with Crippen LogP contribution in [0.25, 0.3) is 11.3 Å². The third kappa shape index (κ3) is 4.12. The van der Waals surface area contributed by atoms with Crippen molar-refractivity contribution in [3.05, 3.63) is 70.1 Å². The number of rotatable bonds is 6. The standard InChI is InChI=1S/C19H17N5O2S/c1-12-11-27-18(23-12)10-25-17-5-4-13(9-22-17)7-14-8-16(26-24-14)15-3-2-6-21-19(15)20/h2-6,8-9,11H,7,10H2,1H3,(H2,20,21). The lowest BCUT2D eigenvalue weighted by atomic mass is 10.1. The molecule has 4 aromatic heterocycles. The molecule has 136 valence electrons. The van der Waals surface area contributed by atoms with Crippen molar-refractivity contribution in [2.75, 3.05) is 5.73 Å². The number of nitrogens with zero attached hydrogens (tertiary/aromatic N) is 4. The zero-order valence-electron chi connectivity index (χ0n) is 14.6. The van der Waals surface area contributed by atoms with Gasteiger partial charge in [0.25, 0.3) is 0 Å². The van der Waals surface area contributed by atoms with Crippen LogP contribution in [0.4, 0.5) is 5.82 Å². The molecule has 0 amide bonds. The summed E-state index contributed by atoms with van der Waals surface area (Å²) in [5.74, 6) is 1.58. The Balaban J connectivity index is 1.39. The first-order chi connectivity index (χ1) is 13.2. The fourth-order valence-electron chi connectivity index (χ4n) is 2.56. The molecule has 0 atom stereocenters. The predicted octanol–water partition coefficient (Wildman–Crippen LogP) is 3.65. The molecule has 0 bridgehead atoms. The molecule has 0 unspecified atom stereocenters. The maximum atomic E-state index is 5.88. The van der Waals surface area contributed by atoms with Gasteiger partial charge in [0.1, 0.15) is 17.4 Å². The van der Waals surface area contributed by atoms with Crippen LogP contribution in [-0.2, 0) is 13.0 Å². The Morgan fingerprint density at radius 2 is 2.15 bits per heavy atom. The number of hydrogen-bond donors (Lipinski definition) is 1. The molecule has 8 heteroatoms. The molecule has 7 nitrogen and oxygen atoms in total. The average molecular weight is 379 g/mol. The zero-order valence-corrected chi connectivity index (χ0v) is 15.4. The molecule has 0 saturated heterocycles. The highest BCUT2D eigenvalue weighted by atomic mass is 32.1. The smallest absolute Gasteiger partial charge is 0.213 e. The summed E-state index contributed by atoms with van der Waals surface area (Å²) in [6, 6.07) is 9.33. The molecule has 4 heterocycles. The number of nitrogen functional groups attached to an aromatic ring is 1. The molecule has 0 fully saturated rings. The van der Waals surface area contributed by atoms with E-state index in [4.69, 9.17) is 15.0 Å². The van der Waals surface area contributed by atoms with E-state index in [9.17, 15) is 0 Å². The van der Waals surface area contributed by atoms with Gasteiger partial charge in [-0.3, -0.25) is 0 Å². The first kappa shape index (κ1) is 17.2. The topological polar surface area (TPSA) is 100.0 Å². The lowest BCUT2D eigenvalue weighted by Gasteiger charge is -2.03. The number of thiazole rings is 1. The second-order valence-corrected chi connectivity index (χ2v) is 6.91. The van der Waals surface area contributed by atoms with Crippen LogP contribution >= 0.6 is 11.3 Å². The molecule has 0 aromatic carbocycles. The molecule has 0 spiro atoms. The van der Waals surface area contributed by atoms with Crippen LogP contribution in [-0.4, -0.2) is 20.1 Å². The van der Waals surface area contributed by atoms with E-state index in [-0.39, 0.29) is 0 Å². The molecule has 0 saturated carbocycles. The fourth-order valence-corrected chi connectivity index (χ4v) is 3.25. The van der Waals surface area contributed by atoms with Crippen LogP contribution in [0, 0.1) is 6.92 Å². The summed E-state index contributed by atoms with van der Waals surface area (Å²) in [4.78, 5) is 12.8. The first-order valence-corrected chi connectivity index (χ1v) is 9.20. The van der Waals surface area contributed by atoms with Gasteiger partial charge in [-0.2, -0.15) is 0 Å². The zero-order chi connectivity index (χ0) is 18.6. The predicted molar refractivity (Wildman–Crippen MR) is 102 cm³/mol. The lowest BCUT2D eigenvalue weighted by Crippen LogP contribution is -1.97. The van der Waals surface area contributed by atoms with Crippen LogP contribution in [0.2, 0.25) is 0 Å². The second-order valence-electron chi connectivity index (χ2n) is 5.97. The van der Waals surface area contributed by atoms with Crippen LogP contribution in [0.5, 0.6) is 5.88 Å². The number of anilines is 1. The molecule has 0 aliphatic heterocycles.